The van der Waals surface area contributed by atoms with Crippen molar-refractivity contribution >= 4 is 5.82 Å². The van der Waals surface area contributed by atoms with Crippen LogP contribution >= 0.6 is 0 Å². The van der Waals surface area contributed by atoms with E-state index in [-0.39, 0.29) is 0 Å². The van der Waals surface area contributed by atoms with Crippen LogP contribution in [0.25, 0.3) is 0 Å². The summed E-state index contributed by atoms with van der Waals surface area (Å²) >= 11 is 0. The summed E-state index contributed by atoms with van der Waals surface area (Å²) in [6, 6.07) is 3.77. The SMILES string of the molecule is CCC1CCCCC1(O)c1cccnc1N. The minimum Gasteiger partial charge on any atom is -0.385 e. The van der Waals surface area contributed by atoms with Gasteiger partial charge in [-0.25, -0.2) is 4.98 Å². The first-order valence-electron chi connectivity index (χ1n) is 6.12. The molecule has 3 heteroatoms. The van der Waals surface area contributed by atoms with Gasteiger partial charge in [-0.2, -0.15) is 0 Å². The van der Waals surface area contributed by atoms with Crippen LogP contribution in [-0.4, -0.2) is 10.1 Å². The van der Waals surface area contributed by atoms with E-state index in [2.05, 4.69) is 11.9 Å². The topological polar surface area (TPSA) is 59.1 Å². The number of anilines is 1. The van der Waals surface area contributed by atoms with Gasteiger partial charge in [0, 0.05) is 11.8 Å². The first-order chi connectivity index (χ1) is 7.68. The number of hydrogen-bond acceptors (Lipinski definition) is 3. The molecule has 0 bridgehead atoms. The van der Waals surface area contributed by atoms with Crippen LogP contribution in [0.15, 0.2) is 18.3 Å². The van der Waals surface area contributed by atoms with Crippen molar-refractivity contribution < 1.29 is 5.11 Å². The van der Waals surface area contributed by atoms with E-state index in [1.807, 2.05) is 12.1 Å². The van der Waals surface area contributed by atoms with Gasteiger partial charge in [0.15, 0.2) is 0 Å². The third-order valence-corrected chi connectivity index (χ3v) is 3.83. The molecule has 2 unspecified atom stereocenters. The lowest BCUT2D eigenvalue weighted by Gasteiger charge is -2.40. The maximum atomic E-state index is 10.9. The fourth-order valence-corrected chi connectivity index (χ4v) is 2.91. The van der Waals surface area contributed by atoms with Crippen LogP contribution in [0.5, 0.6) is 0 Å². The van der Waals surface area contributed by atoms with Crippen molar-refractivity contribution in [3.63, 3.8) is 0 Å². The van der Waals surface area contributed by atoms with Gasteiger partial charge in [-0.05, 0) is 24.8 Å². The number of aliphatic hydroxyl groups is 1. The number of pyridine rings is 1. The van der Waals surface area contributed by atoms with Crippen molar-refractivity contribution in [1.82, 2.24) is 4.98 Å². The summed E-state index contributed by atoms with van der Waals surface area (Å²) in [4.78, 5) is 4.09. The quantitative estimate of drug-likeness (QED) is 0.804. The summed E-state index contributed by atoms with van der Waals surface area (Å²) in [5.41, 5.74) is 5.94. The molecule has 3 N–H and O–H groups in total. The van der Waals surface area contributed by atoms with E-state index in [1.165, 1.54) is 6.42 Å². The Balaban J connectivity index is 2.39. The maximum Gasteiger partial charge on any atom is 0.129 e. The van der Waals surface area contributed by atoms with Crippen molar-refractivity contribution in [3.8, 4) is 0 Å². The van der Waals surface area contributed by atoms with Crippen LogP contribution in [0.2, 0.25) is 0 Å². The molecule has 0 aromatic carbocycles. The Morgan fingerprint density at radius 2 is 2.38 bits per heavy atom. The van der Waals surface area contributed by atoms with Crippen molar-refractivity contribution in [2.45, 2.75) is 44.6 Å². The molecule has 0 radical (unpaired) electrons. The van der Waals surface area contributed by atoms with Crippen molar-refractivity contribution in [1.29, 1.82) is 0 Å². The van der Waals surface area contributed by atoms with Crippen LogP contribution < -0.4 is 5.73 Å². The van der Waals surface area contributed by atoms with Gasteiger partial charge in [0.2, 0.25) is 0 Å². The Hall–Kier alpha value is -1.09. The zero-order valence-corrected chi connectivity index (χ0v) is 9.82. The number of nitrogens with zero attached hydrogens (tertiary/aromatic N) is 1. The number of hydrogen-bond donors (Lipinski definition) is 2. The van der Waals surface area contributed by atoms with Crippen LogP contribution in [-0.2, 0) is 5.60 Å². The summed E-state index contributed by atoms with van der Waals surface area (Å²) < 4.78 is 0. The third-order valence-electron chi connectivity index (χ3n) is 3.83. The standard InChI is InChI=1S/C13H20N2O/c1-2-10-6-3-4-8-13(10,16)11-7-5-9-15-12(11)14/h5,7,9-10,16H,2-4,6,8H2,1H3,(H2,14,15). The maximum absolute atomic E-state index is 10.9. The van der Waals surface area contributed by atoms with E-state index >= 15 is 0 Å². The van der Waals surface area contributed by atoms with E-state index < -0.39 is 5.60 Å². The first-order valence-corrected chi connectivity index (χ1v) is 6.12. The summed E-state index contributed by atoms with van der Waals surface area (Å²) in [6.07, 6.45) is 6.84. The third kappa shape index (κ3) is 1.80. The molecule has 1 saturated carbocycles. The molecule has 0 saturated heterocycles. The molecule has 3 nitrogen and oxygen atoms in total. The minimum atomic E-state index is -0.759. The number of nitrogens with two attached hydrogens (primary N) is 1. The molecule has 1 aromatic rings. The van der Waals surface area contributed by atoms with Crippen molar-refractivity contribution in [2.75, 3.05) is 5.73 Å². The van der Waals surface area contributed by atoms with Crippen molar-refractivity contribution in [2.24, 2.45) is 5.92 Å². The second-order valence-corrected chi connectivity index (χ2v) is 4.71. The molecule has 1 heterocycles. The predicted octanol–water partition coefficient (Wildman–Crippen LogP) is 2.45. The van der Waals surface area contributed by atoms with Crippen LogP contribution in [0.3, 0.4) is 0 Å². The van der Waals surface area contributed by atoms with Crippen molar-refractivity contribution in [3.05, 3.63) is 23.9 Å². The van der Waals surface area contributed by atoms with Gasteiger partial charge in [-0.3, -0.25) is 0 Å². The summed E-state index contributed by atoms with van der Waals surface area (Å²) in [6.45, 7) is 2.13. The molecule has 0 aliphatic heterocycles. The largest absolute Gasteiger partial charge is 0.385 e. The van der Waals surface area contributed by atoms with E-state index in [9.17, 15) is 5.11 Å². The molecule has 0 spiro atoms. The number of aromatic nitrogens is 1. The predicted molar refractivity (Wildman–Crippen MR) is 64.8 cm³/mol. The molecule has 1 aromatic heterocycles. The van der Waals surface area contributed by atoms with E-state index in [0.717, 1.165) is 31.2 Å². The average molecular weight is 220 g/mol. The highest BCUT2D eigenvalue weighted by atomic mass is 16.3. The fraction of sp³-hybridized carbons (Fsp3) is 0.615. The molecule has 1 aliphatic carbocycles. The highest BCUT2D eigenvalue weighted by Gasteiger charge is 2.40. The molecule has 88 valence electrons. The number of rotatable bonds is 2. The summed E-state index contributed by atoms with van der Waals surface area (Å²) in [5, 5.41) is 10.9. The second kappa shape index (κ2) is 4.42. The first kappa shape index (κ1) is 11.4. The lowest BCUT2D eigenvalue weighted by atomic mass is 9.70. The Morgan fingerprint density at radius 1 is 1.56 bits per heavy atom. The minimum absolute atomic E-state index is 0.313. The van der Waals surface area contributed by atoms with E-state index in [4.69, 9.17) is 5.73 Å². The molecule has 1 fully saturated rings. The lowest BCUT2D eigenvalue weighted by molar-refractivity contribution is -0.0553. The molecular weight excluding hydrogens is 200 g/mol. The zero-order chi connectivity index (χ0) is 11.6. The van der Waals surface area contributed by atoms with Gasteiger partial charge in [-0.15, -0.1) is 0 Å². The number of nitrogen functional groups attached to an aromatic ring is 1. The van der Waals surface area contributed by atoms with Gasteiger partial charge >= 0.3 is 0 Å². The fourth-order valence-electron chi connectivity index (χ4n) is 2.91. The van der Waals surface area contributed by atoms with E-state index in [0.29, 0.717) is 11.7 Å². The summed E-state index contributed by atoms with van der Waals surface area (Å²) in [5.74, 6) is 0.790. The Bertz CT molecular complexity index is 367. The van der Waals surface area contributed by atoms with Gasteiger partial charge in [0.25, 0.3) is 0 Å². The zero-order valence-electron chi connectivity index (χ0n) is 9.82. The molecule has 16 heavy (non-hydrogen) atoms. The smallest absolute Gasteiger partial charge is 0.129 e. The van der Waals surface area contributed by atoms with Gasteiger partial charge in [0.1, 0.15) is 5.82 Å². The molecule has 2 atom stereocenters. The van der Waals surface area contributed by atoms with Crippen LogP contribution in [0.1, 0.15) is 44.6 Å². The Morgan fingerprint density at radius 3 is 3.06 bits per heavy atom. The Labute approximate surface area is 96.7 Å². The van der Waals surface area contributed by atoms with E-state index in [1.54, 1.807) is 6.20 Å². The monoisotopic (exact) mass is 220 g/mol. The molecular formula is C13H20N2O. The molecule has 0 amide bonds. The molecule has 2 rings (SSSR count). The lowest BCUT2D eigenvalue weighted by Crippen LogP contribution is -2.38. The molecule has 1 aliphatic rings. The average Bonchev–Trinajstić information content (AvgIpc) is 2.30. The van der Waals surface area contributed by atoms with Gasteiger partial charge < -0.3 is 10.8 Å². The van der Waals surface area contributed by atoms with Crippen LogP contribution in [0.4, 0.5) is 5.82 Å². The van der Waals surface area contributed by atoms with Crippen LogP contribution in [0, 0.1) is 5.92 Å². The van der Waals surface area contributed by atoms with Gasteiger partial charge in [-0.1, -0.05) is 32.3 Å². The highest BCUT2D eigenvalue weighted by molar-refractivity contribution is 5.43. The normalized spacial score (nSPS) is 30.2. The highest BCUT2D eigenvalue weighted by Crippen LogP contribution is 2.44. The Kier molecular flexibility index (Phi) is 3.15. The van der Waals surface area contributed by atoms with Gasteiger partial charge in [0.05, 0.1) is 5.60 Å². The second-order valence-electron chi connectivity index (χ2n) is 4.71. The summed E-state index contributed by atoms with van der Waals surface area (Å²) in [7, 11) is 0.